The molecule has 1 N–H and O–H groups in total. The van der Waals surface area contributed by atoms with E-state index in [1.807, 2.05) is 18.2 Å². The van der Waals surface area contributed by atoms with E-state index in [0.29, 0.717) is 28.2 Å². The van der Waals surface area contributed by atoms with Gasteiger partial charge in [0.1, 0.15) is 17.1 Å². The Morgan fingerprint density at radius 3 is 2.35 bits per heavy atom. The van der Waals surface area contributed by atoms with Crippen LogP contribution < -0.4 is 15.6 Å². The van der Waals surface area contributed by atoms with Gasteiger partial charge >= 0.3 is 0 Å². The highest BCUT2D eigenvalue weighted by Gasteiger charge is 2.13. The van der Waals surface area contributed by atoms with Gasteiger partial charge in [-0.1, -0.05) is 36.4 Å². The molecule has 7 heteroatoms. The van der Waals surface area contributed by atoms with Crippen LogP contribution in [0.4, 0.5) is 5.69 Å². The van der Waals surface area contributed by atoms with E-state index >= 15 is 0 Å². The summed E-state index contributed by atoms with van der Waals surface area (Å²) in [5.41, 5.74) is 1.80. The van der Waals surface area contributed by atoms with E-state index in [0.717, 1.165) is 0 Å². The molecule has 4 aromatic rings. The third kappa shape index (κ3) is 4.35. The first kappa shape index (κ1) is 20.0. The molecule has 0 saturated carbocycles. The Kier molecular flexibility index (Phi) is 5.57. The Morgan fingerprint density at radius 1 is 0.935 bits per heavy atom. The van der Waals surface area contributed by atoms with Crippen molar-refractivity contribution in [2.45, 2.75) is 6.92 Å². The lowest BCUT2D eigenvalue weighted by Crippen LogP contribution is -2.27. The number of nitrogens with one attached hydrogen (secondary N) is 1. The van der Waals surface area contributed by atoms with Crippen LogP contribution in [0, 0.1) is 6.92 Å². The zero-order valence-corrected chi connectivity index (χ0v) is 16.7. The van der Waals surface area contributed by atoms with Crippen molar-refractivity contribution in [1.29, 1.82) is 0 Å². The molecule has 4 rings (SSSR count). The molecule has 0 saturated heterocycles. The average Bonchev–Trinajstić information content (AvgIpc) is 2.81. The largest absolute Gasteiger partial charge is 0.484 e. The molecule has 0 bridgehead atoms. The van der Waals surface area contributed by atoms with Crippen molar-refractivity contribution in [2.24, 2.45) is 0 Å². The number of hydrogen-bond acceptors (Lipinski definition) is 5. The maximum Gasteiger partial charge on any atom is 0.281 e. The molecule has 2 heterocycles. The molecule has 0 radical (unpaired) electrons. The van der Waals surface area contributed by atoms with E-state index in [2.05, 4.69) is 10.3 Å². The standard InChI is InChI=1S/C24H19N3O4/c1-16-22(24(30)27-14-6-5-9-20(27)25-16)26-21(28)15-31-19-12-10-18(11-13-19)23(29)17-7-3-2-4-8-17/h2-14H,15H2,1H3,(H,26,28). The van der Waals surface area contributed by atoms with E-state index in [9.17, 15) is 14.4 Å². The van der Waals surface area contributed by atoms with E-state index in [-0.39, 0.29) is 23.6 Å². The maximum atomic E-state index is 12.6. The summed E-state index contributed by atoms with van der Waals surface area (Å²) in [7, 11) is 0. The van der Waals surface area contributed by atoms with Crippen molar-refractivity contribution in [2.75, 3.05) is 11.9 Å². The number of pyridine rings is 1. The molecule has 154 valence electrons. The number of hydrogen-bond donors (Lipinski definition) is 1. The minimum Gasteiger partial charge on any atom is -0.484 e. The Labute approximate surface area is 178 Å². The van der Waals surface area contributed by atoms with Crippen LogP contribution in [0.5, 0.6) is 5.75 Å². The normalized spacial score (nSPS) is 10.6. The number of amides is 1. The predicted octanol–water partition coefficient (Wildman–Crippen LogP) is 3.25. The van der Waals surface area contributed by atoms with E-state index in [4.69, 9.17) is 4.74 Å². The summed E-state index contributed by atoms with van der Waals surface area (Å²) in [4.78, 5) is 41.7. The zero-order chi connectivity index (χ0) is 21.8. The third-order valence-corrected chi connectivity index (χ3v) is 4.70. The van der Waals surface area contributed by atoms with Gasteiger partial charge in [0.2, 0.25) is 0 Å². The summed E-state index contributed by atoms with van der Waals surface area (Å²) in [6.45, 7) is 1.37. The van der Waals surface area contributed by atoms with Gasteiger partial charge in [-0.05, 0) is 43.3 Å². The monoisotopic (exact) mass is 413 g/mol. The lowest BCUT2D eigenvalue weighted by atomic mass is 10.0. The first-order valence-corrected chi connectivity index (χ1v) is 9.63. The second kappa shape index (κ2) is 8.62. The first-order chi connectivity index (χ1) is 15.0. The first-order valence-electron chi connectivity index (χ1n) is 9.63. The Hall–Kier alpha value is -4.26. The van der Waals surface area contributed by atoms with Crippen LogP contribution in [0.15, 0.2) is 83.8 Å². The van der Waals surface area contributed by atoms with Crippen molar-refractivity contribution < 1.29 is 14.3 Å². The fourth-order valence-electron chi connectivity index (χ4n) is 3.13. The third-order valence-electron chi connectivity index (χ3n) is 4.70. The van der Waals surface area contributed by atoms with Gasteiger partial charge in [0.05, 0.1) is 5.69 Å². The molecular weight excluding hydrogens is 394 g/mol. The molecule has 2 aromatic carbocycles. The number of anilines is 1. The predicted molar refractivity (Wildman–Crippen MR) is 117 cm³/mol. The fourth-order valence-corrected chi connectivity index (χ4v) is 3.13. The molecule has 0 unspecified atom stereocenters. The van der Waals surface area contributed by atoms with Crippen LogP contribution in [0.1, 0.15) is 21.6 Å². The molecule has 1 amide bonds. The van der Waals surface area contributed by atoms with Gasteiger partial charge in [0, 0.05) is 17.3 Å². The SMILES string of the molecule is Cc1nc2ccccn2c(=O)c1NC(=O)COc1ccc(C(=O)c2ccccc2)cc1. The highest BCUT2D eigenvalue weighted by atomic mass is 16.5. The number of ketones is 1. The number of ether oxygens (including phenoxy) is 1. The van der Waals surface area contributed by atoms with Crippen LogP contribution in [0.3, 0.4) is 0 Å². The van der Waals surface area contributed by atoms with E-state index in [1.165, 1.54) is 4.40 Å². The summed E-state index contributed by atoms with van der Waals surface area (Å²) in [6.07, 6.45) is 1.59. The van der Waals surface area contributed by atoms with Crippen LogP contribution in [-0.2, 0) is 4.79 Å². The summed E-state index contributed by atoms with van der Waals surface area (Å²) in [5, 5.41) is 2.58. The molecule has 7 nitrogen and oxygen atoms in total. The van der Waals surface area contributed by atoms with E-state index < -0.39 is 5.91 Å². The average molecular weight is 413 g/mol. The number of benzene rings is 2. The number of aromatic nitrogens is 2. The van der Waals surface area contributed by atoms with Gasteiger partial charge in [-0.2, -0.15) is 0 Å². The number of carbonyl (C=O) groups excluding carboxylic acids is 2. The molecule has 0 aliphatic heterocycles. The van der Waals surface area contributed by atoms with Crippen molar-refractivity contribution in [3.8, 4) is 5.75 Å². The highest BCUT2D eigenvalue weighted by molar-refractivity contribution is 6.09. The quantitative estimate of drug-likeness (QED) is 0.490. The van der Waals surface area contributed by atoms with Crippen molar-refractivity contribution in [3.63, 3.8) is 0 Å². The highest BCUT2D eigenvalue weighted by Crippen LogP contribution is 2.16. The van der Waals surface area contributed by atoms with Crippen LogP contribution >= 0.6 is 0 Å². The minimum absolute atomic E-state index is 0.0929. The zero-order valence-electron chi connectivity index (χ0n) is 16.7. The van der Waals surface area contributed by atoms with Crippen LogP contribution in [0.2, 0.25) is 0 Å². The molecule has 31 heavy (non-hydrogen) atoms. The Balaban J connectivity index is 1.41. The number of rotatable bonds is 6. The molecule has 0 atom stereocenters. The van der Waals surface area contributed by atoms with Gasteiger partial charge in [-0.25, -0.2) is 4.98 Å². The Morgan fingerprint density at radius 2 is 1.61 bits per heavy atom. The van der Waals surface area contributed by atoms with Gasteiger partial charge < -0.3 is 10.1 Å². The smallest absolute Gasteiger partial charge is 0.281 e. The molecular formula is C24H19N3O4. The topological polar surface area (TPSA) is 89.8 Å². The summed E-state index contributed by atoms with van der Waals surface area (Å²) < 4.78 is 6.86. The fraction of sp³-hybridized carbons (Fsp3) is 0.0833. The number of aryl methyl sites for hydroxylation is 1. The molecule has 0 fully saturated rings. The molecule has 0 spiro atoms. The van der Waals surface area contributed by atoms with Crippen LogP contribution in [-0.4, -0.2) is 27.7 Å². The number of carbonyl (C=O) groups is 2. The van der Waals surface area contributed by atoms with Crippen molar-refractivity contribution >= 4 is 23.0 Å². The second-order valence-electron chi connectivity index (χ2n) is 6.86. The Bertz CT molecular complexity index is 1310. The second-order valence-corrected chi connectivity index (χ2v) is 6.86. The maximum absolute atomic E-state index is 12.6. The lowest BCUT2D eigenvalue weighted by molar-refractivity contribution is -0.118. The molecule has 0 aliphatic rings. The summed E-state index contributed by atoms with van der Waals surface area (Å²) in [6, 6.07) is 20.7. The van der Waals surface area contributed by atoms with Gasteiger partial charge in [0.15, 0.2) is 12.4 Å². The number of nitrogens with zero attached hydrogens (tertiary/aromatic N) is 2. The van der Waals surface area contributed by atoms with E-state index in [1.54, 1.807) is 67.7 Å². The van der Waals surface area contributed by atoms with Crippen molar-refractivity contribution in [1.82, 2.24) is 9.38 Å². The summed E-state index contributed by atoms with van der Waals surface area (Å²) >= 11 is 0. The molecule has 2 aromatic heterocycles. The van der Waals surface area contributed by atoms with Gasteiger partial charge in [-0.3, -0.25) is 18.8 Å². The van der Waals surface area contributed by atoms with Gasteiger partial charge in [0.25, 0.3) is 11.5 Å². The van der Waals surface area contributed by atoms with Gasteiger partial charge in [-0.15, -0.1) is 0 Å². The lowest BCUT2D eigenvalue weighted by Gasteiger charge is -2.10. The number of fused-ring (bicyclic) bond motifs is 1. The van der Waals surface area contributed by atoms with Crippen molar-refractivity contribution in [3.05, 3.63) is 106 Å². The minimum atomic E-state index is -0.484. The molecule has 0 aliphatic carbocycles. The summed E-state index contributed by atoms with van der Waals surface area (Å²) in [5.74, 6) is -0.142. The van der Waals surface area contributed by atoms with Crippen LogP contribution in [0.25, 0.3) is 5.65 Å².